The van der Waals surface area contributed by atoms with E-state index in [0.717, 1.165) is 12.1 Å². The number of benzene rings is 2. The molecule has 92 valence electrons. The van der Waals surface area contributed by atoms with Gasteiger partial charge in [-0.3, -0.25) is 4.99 Å². The van der Waals surface area contributed by atoms with Gasteiger partial charge in [0.1, 0.15) is 0 Å². The van der Waals surface area contributed by atoms with Crippen molar-refractivity contribution >= 4 is 22.7 Å². The first-order valence-corrected chi connectivity index (χ1v) is 6.65. The molecule has 0 aromatic heterocycles. The van der Waals surface area contributed by atoms with E-state index in [1.807, 2.05) is 0 Å². The smallest absolute Gasteiger partial charge is 0.0673 e. The summed E-state index contributed by atoms with van der Waals surface area (Å²) in [6.07, 6.45) is 3.16. The molecule has 0 radical (unpaired) electrons. The molecule has 2 aromatic carbocycles. The Hall–Kier alpha value is -1.63. The van der Waals surface area contributed by atoms with Crippen molar-refractivity contribution in [3.05, 3.63) is 41.0 Å². The van der Waals surface area contributed by atoms with Gasteiger partial charge in [-0.2, -0.15) is 0 Å². The fraction of sp³-hybridized carbons (Fsp3) is 0.353. The molecule has 1 aliphatic heterocycles. The van der Waals surface area contributed by atoms with Crippen molar-refractivity contribution in [2.75, 3.05) is 0 Å². The van der Waals surface area contributed by atoms with E-state index >= 15 is 0 Å². The van der Waals surface area contributed by atoms with Crippen LogP contribution in [0, 0.1) is 6.92 Å². The standard InChI is InChI=1S/C17H19N/c1-5-12-8-11(2)13-6-7-15-16(14(13)9-12)17(3,4)10-18-15/h6-10H,5H2,1-4H3. The van der Waals surface area contributed by atoms with E-state index < -0.39 is 0 Å². The molecule has 0 saturated heterocycles. The van der Waals surface area contributed by atoms with Gasteiger partial charge in [0.05, 0.1) is 5.69 Å². The number of hydrogen-bond donors (Lipinski definition) is 0. The number of hydrogen-bond acceptors (Lipinski definition) is 1. The second-order valence-corrected chi connectivity index (χ2v) is 5.80. The van der Waals surface area contributed by atoms with Crippen molar-refractivity contribution < 1.29 is 0 Å². The van der Waals surface area contributed by atoms with Gasteiger partial charge in [-0.1, -0.05) is 39.0 Å². The summed E-state index contributed by atoms with van der Waals surface area (Å²) in [5.74, 6) is 0. The van der Waals surface area contributed by atoms with Gasteiger partial charge >= 0.3 is 0 Å². The number of fused-ring (bicyclic) bond motifs is 3. The summed E-state index contributed by atoms with van der Waals surface area (Å²) in [5, 5.41) is 2.75. The van der Waals surface area contributed by atoms with Gasteiger partial charge in [0, 0.05) is 11.6 Å². The molecule has 0 amide bonds. The first kappa shape index (κ1) is 11.5. The minimum atomic E-state index is 0.0493. The highest BCUT2D eigenvalue weighted by Crippen LogP contribution is 2.42. The van der Waals surface area contributed by atoms with E-state index in [4.69, 9.17) is 0 Å². The predicted octanol–water partition coefficient (Wildman–Crippen LogP) is 4.70. The lowest BCUT2D eigenvalue weighted by molar-refractivity contribution is 0.760. The summed E-state index contributed by atoms with van der Waals surface area (Å²) in [4.78, 5) is 4.56. The van der Waals surface area contributed by atoms with Gasteiger partial charge in [0.25, 0.3) is 0 Å². The SMILES string of the molecule is CCc1cc(C)c2ccc3c(c2c1)C(C)(C)C=N3. The molecule has 0 saturated carbocycles. The van der Waals surface area contributed by atoms with E-state index in [1.165, 1.54) is 27.5 Å². The Morgan fingerprint density at radius 3 is 2.61 bits per heavy atom. The van der Waals surface area contributed by atoms with Gasteiger partial charge in [0.2, 0.25) is 0 Å². The van der Waals surface area contributed by atoms with Crippen LogP contribution in [-0.4, -0.2) is 6.21 Å². The molecule has 2 aromatic rings. The van der Waals surface area contributed by atoms with E-state index in [9.17, 15) is 0 Å². The van der Waals surface area contributed by atoms with Crippen molar-refractivity contribution in [1.82, 2.24) is 0 Å². The Labute approximate surface area is 109 Å². The molecule has 3 rings (SSSR count). The zero-order chi connectivity index (χ0) is 12.9. The van der Waals surface area contributed by atoms with E-state index in [1.54, 1.807) is 0 Å². The monoisotopic (exact) mass is 237 g/mol. The maximum Gasteiger partial charge on any atom is 0.0673 e. The molecule has 1 aliphatic rings. The van der Waals surface area contributed by atoms with Crippen molar-refractivity contribution in [3.8, 4) is 0 Å². The normalized spacial score (nSPS) is 16.2. The van der Waals surface area contributed by atoms with Gasteiger partial charge in [-0.15, -0.1) is 0 Å². The van der Waals surface area contributed by atoms with E-state index in [2.05, 4.69) is 63.2 Å². The van der Waals surface area contributed by atoms with E-state index in [0.29, 0.717) is 0 Å². The molecule has 0 spiro atoms. The van der Waals surface area contributed by atoms with Gasteiger partial charge in [-0.25, -0.2) is 0 Å². The average molecular weight is 237 g/mol. The highest BCUT2D eigenvalue weighted by Gasteiger charge is 2.28. The molecule has 0 N–H and O–H groups in total. The Morgan fingerprint density at radius 2 is 1.89 bits per heavy atom. The Morgan fingerprint density at radius 1 is 1.11 bits per heavy atom. The first-order valence-electron chi connectivity index (χ1n) is 6.65. The number of rotatable bonds is 1. The second kappa shape index (κ2) is 3.68. The molecule has 1 nitrogen and oxygen atoms in total. The van der Waals surface area contributed by atoms with Gasteiger partial charge in [0.15, 0.2) is 0 Å². The van der Waals surface area contributed by atoms with Crippen LogP contribution in [0.2, 0.25) is 0 Å². The molecule has 0 aliphatic carbocycles. The lowest BCUT2D eigenvalue weighted by Gasteiger charge is -2.19. The molecule has 18 heavy (non-hydrogen) atoms. The Bertz CT molecular complexity index is 663. The third kappa shape index (κ3) is 1.50. The van der Waals surface area contributed by atoms with Crippen LogP contribution in [0.1, 0.15) is 37.5 Å². The summed E-state index contributed by atoms with van der Waals surface area (Å²) < 4.78 is 0. The molecule has 0 unspecified atom stereocenters. The van der Waals surface area contributed by atoms with Gasteiger partial charge in [-0.05, 0) is 46.9 Å². The van der Waals surface area contributed by atoms with Crippen molar-refractivity contribution in [3.63, 3.8) is 0 Å². The van der Waals surface area contributed by atoms with Crippen LogP contribution in [0.5, 0.6) is 0 Å². The van der Waals surface area contributed by atoms with E-state index in [-0.39, 0.29) is 5.41 Å². The molecule has 1 heterocycles. The lowest BCUT2D eigenvalue weighted by atomic mass is 9.82. The van der Waals surface area contributed by atoms with Crippen LogP contribution in [0.4, 0.5) is 5.69 Å². The highest BCUT2D eigenvalue weighted by molar-refractivity contribution is 6.00. The number of aliphatic imine (C=N–C) groups is 1. The zero-order valence-electron chi connectivity index (χ0n) is 11.5. The topological polar surface area (TPSA) is 12.4 Å². The number of nitrogens with zero attached hydrogens (tertiary/aromatic N) is 1. The Kier molecular flexibility index (Phi) is 2.34. The maximum absolute atomic E-state index is 4.56. The Balaban J connectivity index is 2.43. The first-order chi connectivity index (χ1) is 8.53. The molecular formula is C17H19N. The van der Waals surface area contributed by atoms with Crippen molar-refractivity contribution in [1.29, 1.82) is 0 Å². The number of aryl methyl sites for hydroxylation is 2. The van der Waals surface area contributed by atoms with Crippen LogP contribution >= 0.6 is 0 Å². The van der Waals surface area contributed by atoms with Crippen LogP contribution < -0.4 is 0 Å². The third-order valence-corrected chi connectivity index (χ3v) is 3.96. The van der Waals surface area contributed by atoms with Gasteiger partial charge < -0.3 is 0 Å². The van der Waals surface area contributed by atoms with Crippen LogP contribution in [0.25, 0.3) is 10.8 Å². The van der Waals surface area contributed by atoms with Crippen LogP contribution in [0.3, 0.4) is 0 Å². The zero-order valence-corrected chi connectivity index (χ0v) is 11.5. The largest absolute Gasteiger partial charge is 0.260 e. The fourth-order valence-electron chi connectivity index (χ4n) is 2.97. The average Bonchev–Trinajstić information content (AvgIpc) is 2.65. The minimum absolute atomic E-state index is 0.0493. The maximum atomic E-state index is 4.56. The quantitative estimate of drug-likeness (QED) is 0.681. The molecule has 1 heteroatoms. The molecule has 0 bridgehead atoms. The minimum Gasteiger partial charge on any atom is -0.260 e. The summed E-state index contributed by atoms with van der Waals surface area (Å²) in [6, 6.07) is 9.01. The van der Waals surface area contributed by atoms with Crippen molar-refractivity contribution in [2.24, 2.45) is 4.99 Å². The summed E-state index contributed by atoms with van der Waals surface area (Å²) in [6.45, 7) is 8.91. The molecular weight excluding hydrogens is 218 g/mol. The lowest BCUT2D eigenvalue weighted by Crippen LogP contribution is -2.15. The summed E-state index contributed by atoms with van der Waals surface area (Å²) in [7, 11) is 0. The van der Waals surface area contributed by atoms with Crippen LogP contribution in [0.15, 0.2) is 29.3 Å². The third-order valence-electron chi connectivity index (χ3n) is 3.96. The fourth-order valence-corrected chi connectivity index (χ4v) is 2.97. The van der Waals surface area contributed by atoms with Crippen LogP contribution in [-0.2, 0) is 11.8 Å². The molecule has 0 atom stereocenters. The van der Waals surface area contributed by atoms with Crippen molar-refractivity contribution in [2.45, 2.75) is 39.5 Å². The summed E-state index contributed by atoms with van der Waals surface area (Å²) in [5.41, 5.74) is 5.36. The second-order valence-electron chi connectivity index (χ2n) is 5.80. The molecule has 0 fully saturated rings. The highest BCUT2D eigenvalue weighted by atomic mass is 14.8. The summed E-state index contributed by atoms with van der Waals surface area (Å²) >= 11 is 0. The predicted molar refractivity (Wildman–Crippen MR) is 79.2 cm³/mol.